The van der Waals surface area contributed by atoms with Crippen molar-refractivity contribution < 1.29 is 30.8 Å². The molecule has 0 aliphatic heterocycles. The Kier molecular flexibility index (Phi) is 8.80. The van der Waals surface area contributed by atoms with Crippen molar-refractivity contribution in [1.82, 2.24) is 9.97 Å². The summed E-state index contributed by atoms with van der Waals surface area (Å²) in [6.45, 7) is 0. The van der Waals surface area contributed by atoms with E-state index in [0.29, 0.717) is 33.6 Å². The van der Waals surface area contributed by atoms with Crippen LogP contribution in [0.5, 0.6) is 0 Å². The van der Waals surface area contributed by atoms with Gasteiger partial charge in [0.2, 0.25) is 11.8 Å². The third kappa shape index (κ3) is 7.05. The van der Waals surface area contributed by atoms with E-state index in [1.807, 2.05) is 22.9 Å². The second-order valence-electron chi connectivity index (χ2n) is 11.7. The molecule has 8 aromatic rings. The second-order valence-corrected chi connectivity index (χ2v) is 12.5. The highest BCUT2D eigenvalue weighted by Crippen LogP contribution is 2.39. The highest BCUT2D eigenvalue weighted by atomic mass is 32.1. The highest BCUT2D eigenvalue weighted by Gasteiger charge is 2.21. The quantitative estimate of drug-likeness (QED) is 0.139. The molecular formula is C42H24F4N2O3S. The molecule has 4 aromatic heterocycles. The first-order valence-corrected chi connectivity index (χ1v) is 16.9. The Morgan fingerprint density at radius 3 is 1.73 bits per heavy atom. The van der Waals surface area contributed by atoms with Crippen LogP contribution in [0, 0.1) is 23.3 Å². The van der Waals surface area contributed by atoms with E-state index in [1.165, 1.54) is 72.2 Å². The number of oxazole rings is 2. The SMILES string of the molecule is Fc1cccc(-c2nc(/C=C/c3ccco3)oc2-c2cc(F)cc(-c3cc(F)cc(-c4nc(/C=C/c5ccsc5)oc4-c4cccc(F)c4)c3)c2)c1. The predicted octanol–water partition coefficient (Wildman–Crippen LogP) is 12.5. The van der Waals surface area contributed by atoms with Crippen molar-refractivity contribution >= 4 is 35.6 Å². The van der Waals surface area contributed by atoms with Crippen molar-refractivity contribution in [2.75, 3.05) is 0 Å². The Bertz CT molecular complexity index is 2400. The maximum Gasteiger partial charge on any atom is 0.220 e. The van der Waals surface area contributed by atoms with Crippen molar-refractivity contribution in [3.63, 3.8) is 0 Å². The van der Waals surface area contributed by atoms with Gasteiger partial charge in [0.1, 0.15) is 40.4 Å². The third-order valence-electron chi connectivity index (χ3n) is 8.03. The molecule has 254 valence electrons. The van der Waals surface area contributed by atoms with Crippen LogP contribution >= 0.6 is 11.3 Å². The van der Waals surface area contributed by atoms with Gasteiger partial charge in [-0.25, -0.2) is 27.5 Å². The van der Waals surface area contributed by atoms with Crippen LogP contribution in [0.3, 0.4) is 0 Å². The van der Waals surface area contributed by atoms with E-state index >= 15 is 8.78 Å². The Balaban J connectivity index is 1.23. The number of aromatic nitrogens is 2. The maximum atomic E-state index is 15.5. The summed E-state index contributed by atoms with van der Waals surface area (Å²) in [5, 5.41) is 3.90. The van der Waals surface area contributed by atoms with Crippen LogP contribution in [0.2, 0.25) is 0 Å². The lowest BCUT2D eigenvalue weighted by molar-refractivity contribution is 0.553. The van der Waals surface area contributed by atoms with E-state index in [1.54, 1.807) is 60.7 Å². The second kappa shape index (κ2) is 14.0. The number of benzene rings is 4. The van der Waals surface area contributed by atoms with E-state index in [0.717, 1.165) is 5.56 Å². The molecule has 4 heterocycles. The zero-order chi connectivity index (χ0) is 35.6. The van der Waals surface area contributed by atoms with Crippen LogP contribution in [0.1, 0.15) is 23.1 Å². The zero-order valence-electron chi connectivity index (χ0n) is 26.9. The molecule has 52 heavy (non-hydrogen) atoms. The molecule has 4 aromatic carbocycles. The standard InChI is InChI=1S/C42H24F4N2O3S/c43-32-6-1-4-26(18-32)39-42(51-38(47-39)12-10-36-8-3-14-49-36)31-17-29(21-35(46)23-31)28-16-30(22-34(45)20-28)40-41(27-5-2-7-33(44)19-27)50-37(48-40)11-9-25-13-15-52-24-25/h1-24H/b11-9+,12-10+. The van der Waals surface area contributed by atoms with Crippen LogP contribution in [0.4, 0.5) is 17.6 Å². The summed E-state index contributed by atoms with van der Waals surface area (Å²) in [6.07, 6.45) is 8.27. The van der Waals surface area contributed by atoms with E-state index < -0.39 is 23.3 Å². The fraction of sp³-hybridized carbons (Fsp3) is 0. The molecule has 0 radical (unpaired) electrons. The molecule has 0 aliphatic rings. The number of rotatable bonds is 9. The van der Waals surface area contributed by atoms with Gasteiger partial charge in [-0.15, -0.1) is 0 Å². The predicted molar refractivity (Wildman–Crippen MR) is 194 cm³/mol. The van der Waals surface area contributed by atoms with Crippen LogP contribution in [-0.2, 0) is 0 Å². The van der Waals surface area contributed by atoms with Crippen molar-refractivity contribution in [3.05, 3.63) is 167 Å². The number of hydrogen-bond donors (Lipinski definition) is 0. The Hall–Kier alpha value is -6.52. The molecule has 0 amide bonds. The van der Waals surface area contributed by atoms with Crippen LogP contribution in [-0.4, -0.2) is 9.97 Å². The lowest BCUT2D eigenvalue weighted by Crippen LogP contribution is -1.90. The molecule has 0 aliphatic carbocycles. The van der Waals surface area contributed by atoms with Gasteiger partial charge >= 0.3 is 0 Å². The summed E-state index contributed by atoms with van der Waals surface area (Å²) in [5.41, 5.74) is 3.56. The van der Waals surface area contributed by atoms with Crippen molar-refractivity contribution in [2.24, 2.45) is 0 Å². The molecule has 8 rings (SSSR count). The van der Waals surface area contributed by atoms with Gasteiger partial charge in [-0.3, -0.25) is 0 Å². The fourth-order valence-electron chi connectivity index (χ4n) is 5.72. The minimum atomic E-state index is -0.629. The molecule has 10 heteroatoms. The minimum Gasteiger partial charge on any atom is -0.465 e. The number of halogens is 4. The lowest BCUT2D eigenvalue weighted by atomic mass is 9.97. The monoisotopic (exact) mass is 712 g/mol. The van der Waals surface area contributed by atoms with Crippen molar-refractivity contribution in [3.8, 4) is 56.3 Å². The highest BCUT2D eigenvalue weighted by molar-refractivity contribution is 7.08. The number of nitrogens with zero attached hydrogens (tertiary/aromatic N) is 2. The van der Waals surface area contributed by atoms with Crippen LogP contribution in [0.25, 0.3) is 80.6 Å². The van der Waals surface area contributed by atoms with Crippen LogP contribution in [0.15, 0.2) is 133 Å². The van der Waals surface area contributed by atoms with E-state index in [9.17, 15) is 8.78 Å². The van der Waals surface area contributed by atoms with E-state index in [2.05, 4.69) is 9.97 Å². The summed E-state index contributed by atoms with van der Waals surface area (Å²) in [7, 11) is 0. The summed E-state index contributed by atoms with van der Waals surface area (Å²) >= 11 is 1.54. The molecule has 0 atom stereocenters. The van der Waals surface area contributed by atoms with Gasteiger partial charge in [0.25, 0.3) is 0 Å². The maximum absolute atomic E-state index is 15.5. The molecule has 0 saturated carbocycles. The Morgan fingerprint density at radius 2 is 1.08 bits per heavy atom. The minimum absolute atomic E-state index is 0.171. The van der Waals surface area contributed by atoms with Gasteiger partial charge < -0.3 is 13.3 Å². The van der Waals surface area contributed by atoms with Gasteiger partial charge in [-0.2, -0.15) is 11.3 Å². The average Bonchev–Trinajstić information content (AvgIpc) is 3.97. The summed E-state index contributed by atoms with van der Waals surface area (Å²) in [5.74, 6) is -0.848. The van der Waals surface area contributed by atoms with Gasteiger partial charge in [0.05, 0.1) is 6.26 Å². The van der Waals surface area contributed by atoms with Gasteiger partial charge in [0.15, 0.2) is 11.5 Å². The smallest absolute Gasteiger partial charge is 0.220 e. The average molecular weight is 713 g/mol. The van der Waals surface area contributed by atoms with Crippen molar-refractivity contribution in [1.29, 1.82) is 0 Å². The lowest BCUT2D eigenvalue weighted by Gasteiger charge is -2.09. The number of furan rings is 1. The molecular weight excluding hydrogens is 689 g/mol. The first-order chi connectivity index (χ1) is 25.3. The summed E-state index contributed by atoms with van der Waals surface area (Å²) < 4.78 is 77.2. The topological polar surface area (TPSA) is 65.2 Å². The van der Waals surface area contributed by atoms with Gasteiger partial charge in [-0.1, -0.05) is 24.3 Å². The summed E-state index contributed by atoms with van der Waals surface area (Å²) in [6, 6.07) is 25.4. The van der Waals surface area contributed by atoms with E-state index in [4.69, 9.17) is 13.3 Å². The molecule has 0 fully saturated rings. The zero-order valence-corrected chi connectivity index (χ0v) is 27.7. The molecule has 0 unspecified atom stereocenters. The number of hydrogen-bond acceptors (Lipinski definition) is 6. The Morgan fingerprint density at radius 1 is 0.500 bits per heavy atom. The Labute approximate surface area is 298 Å². The molecule has 0 spiro atoms. The van der Waals surface area contributed by atoms with Crippen molar-refractivity contribution in [2.45, 2.75) is 0 Å². The first-order valence-electron chi connectivity index (χ1n) is 15.9. The van der Waals surface area contributed by atoms with Gasteiger partial charge in [0, 0.05) is 34.4 Å². The molecule has 0 N–H and O–H groups in total. The van der Waals surface area contributed by atoms with Gasteiger partial charge in [-0.05, 0) is 118 Å². The number of thiophene rings is 1. The fourth-order valence-corrected chi connectivity index (χ4v) is 6.35. The molecule has 0 bridgehead atoms. The van der Waals surface area contributed by atoms with Crippen LogP contribution < -0.4 is 0 Å². The third-order valence-corrected chi connectivity index (χ3v) is 8.73. The first kappa shape index (κ1) is 32.7. The van der Waals surface area contributed by atoms with E-state index in [-0.39, 0.29) is 40.3 Å². The largest absolute Gasteiger partial charge is 0.465 e. The summed E-state index contributed by atoms with van der Waals surface area (Å²) in [4.78, 5) is 9.24. The normalized spacial score (nSPS) is 11.7. The molecule has 5 nitrogen and oxygen atoms in total. The molecule has 0 saturated heterocycles.